The first kappa shape index (κ1) is 24.9. The maximum Gasteiger partial charge on any atom is 0.122 e. The van der Waals surface area contributed by atoms with Gasteiger partial charge >= 0.3 is 0 Å². The summed E-state index contributed by atoms with van der Waals surface area (Å²) in [6.07, 6.45) is 6.85. The molecule has 0 aliphatic heterocycles. The number of nitrogens with zero attached hydrogens (tertiary/aromatic N) is 2. The van der Waals surface area contributed by atoms with Crippen LogP contribution < -0.4 is 15.4 Å². The number of allylic oxidation sites excluding steroid dienone is 1. The van der Waals surface area contributed by atoms with Gasteiger partial charge in [-0.3, -0.25) is 0 Å². The average Bonchev–Trinajstić information content (AvgIpc) is 3.21. The molecule has 34 heavy (non-hydrogen) atoms. The van der Waals surface area contributed by atoms with Crippen LogP contribution in [0.5, 0.6) is 5.75 Å². The number of nitrogens with one attached hydrogen (secondary N) is 2. The minimum atomic E-state index is 0.672. The summed E-state index contributed by atoms with van der Waals surface area (Å²) in [5.74, 6) is 0.932. The zero-order chi connectivity index (χ0) is 24.5. The van der Waals surface area contributed by atoms with E-state index in [2.05, 4.69) is 86.1 Å². The van der Waals surface area contributed by atoms with Gasteiger partial charge in [-0.05, 0) is 67.7 Å². The van der Waals surface area contributed by atoms with E-state index in [0.29, 0.717) is 13.2 Å². The molecule has 0 radical (unpaired) electrons. The van der Waals surface area contributed by atoms with Crippen molar-refractivity contribution < 1.29 is 4.74 Å². The summed E-state index contributed by atoms with van der Waals surface area (Å²) in [6, 6.07) is 14.6. The molecule has 1 aromatic heterocycles. The minimum absolute atomic E-state index is 0.672. The van der Waals surface area contributed by atoms with Crippen LogP contribution in [0.25, 0.3) is 23.0 Å². The molecule has 2 N–H and O–H groups in total. The lowest BCUT2D eigenvalue weighted by Gasteiger charge is -2.11. The highest BCUT2D eigenvalue weighted by Gasteiger charge is 2.09. The second kappa shape index (κ2) is 11.9. The molecule has 0 saturated carbocycles. The maximum atomic E-state index is 5.62. The van der Waals surface area contributed by atoms with Gasteiger partial charge in [-0.15, -0.1) is 0 Å². The number of hydrogen-bond donors (Lipinski definition) is 2. The van der Waals surface area contributed by atoms with Crippen LogP contribution in [0, 0.1) is 13.8 Å². The van der Waals surface area contributed by atoms with Crippen molar-refractivity contribution in [1.82, 2.24) is 20.4 Å². The molecule has 0 bridgehead atoms. The predicted molar refractivity (Wildman–Crippen MR) is 143 cm³/mol. The highest BCUT2D eigenvalue weighted by molar-refractivity contribution is 5.72. The van der Waals surface area contributed by atoms with Gasteiger partial charge < -0.3 is 15.4 Å². The van der Waals surface area contributed by atoms with E-state index in [0.717, 1.165) is 58.1 Å². The van der Waals surface area contributed by atoms with Crippen molar-refractivity contribution >= 4 is 11.9 Å². The second-order valence-corrected chi connectivity index (χ2v) is 8.30. The van der Waals surface area contributed by atoms with Gasteiger partial charge in [0.2, 0.25) is 0 Å². The molecule has 5 nitrogen and oxygen atoms in total. The van der Waals surface area contributed by atoms with E-state index in [1.165, 1.54) is 5.56 Å². The quantitative estimate of drug-likeness (QED) is 0.314. The SMILES string of the molecule is C=C(/C=C\n1ncc(-c2cccc(C(=C)NCCC)c2)c1C)NCc1ccc(OCC)c(C)c1. The molecule has 0 spiro atoms. The normalized spacial score (nSPS) is 10.9. The molecule has 0 saturated heterocycles. The third-order valence-corrected chi connectivity index (χ3v) is 5.63. The van der Waals surface area contributed by atoms with E-state index in [1.54, 1.807) is 0 Å². The van der Waals surface area contributed by atoms with Gasteiger partial charge in [-0.1, -0.05) is 50.4 Å². The Balaban J connectivity index is 1.64. The molecule has 5 heteroatoms. The largest absolute Gasteiger partial charge is 0.494 e. The van der Waals surface area contributed by atoms with Gasteiger partial charge in [-0.25, -0.2) is 4.68 Å². The lowest BCUT2D eigenvalue weighted by atomic mass is 10.0. The Labute approximate surface area is 203 Å². The van der Waals surface area contributed by atoms with Crippen LogP contribution in [-0.4, -0.2) is 22.9 Å². The van der Waals surface area contributed by atoms with E-state index < -0.39 is 0 Å². The number of hydrogen-bond acceptors (Lipinski definition) is 4. The van der Waals surface area contributed by atoms with Crippen LogP contribution in [0.1, 0.15) is 42.7 Å². The summed E-state index contributed by atoms with van der Waals surface area (Å²) in [4.78, 5) is 0. The van der Waals surface area contributed by atoms with Gasteiger partial charge in [0.15, 0.2) is 0 Å². The van der Waals surface area contributed by atoms with Crippen LogP contribution in [0.2, 0.25) is 0 Å². The number of benzene rings is 2. The Morgan fingerprint density at radius 2 is 1.91 bits per heavy atom. The van der Waals surface area contributed by atoms with Crippen LogP contribution in [0.3, 0.4) is 0 Å². The minimum Gasteiger partial charge on any atom is -0.494 e. The Morgan fingerprint density at radius 1 is 1.09 bits per heavy atom. The van der Waals surface area contributed by atoms with Crippen LogP contribution in [0.4, 0.5) is 0 Å². The monoisotopic (exact) mass is 456 g/mol. The molecule has 0 atom stereocenters. The second-order valence-electron chi connectivity index (χ2n) is 8.30. The van der Waals surface area contributed by atoms with Crippen LogP contribution >= 0.6 is 0 Å². The van der Waals surface area contributed by atoms with Crippen molar-refractivity contribution in [2.45, 2.75) is 40.7 Å². The van der Waals surface area contributed by atoms with E-state index in [9.17, 15) is 0 Å². The van der Waals surface area contributed by atoms with Crippen molar-refractivity contribution in [3.63, 3.8) is 0 Å². The topological polar surface area (TPSA) is 51.1 Å². The molecule has 1 heterocycles. The number of aryl methyl sites for hydroxylation is 1. The third-order valence-electron chi connectivity index (χ3n) is 5.63. The Morgan fingerprint density at radius 3 is 2.65 bits per heavy atom. The fourth-order valence-electron chi connectivity index (χ4n) is 3.68. The van der Waals surface area contributed by atoms with Crippen molar-refractivity contribution in [2.75, 3.05) is 13.2 Å². The number of rotatable bonds is 12. The third kappa shape index (κ3) is 6.41. The van der Waals surface area contributed by atoms with Crippen LogP contribution in [0.15, 0.2) is 73.6 Å². The highest BCUT2D eigenvalue weighted by Crippen LogP contribution is 2.26. The first-order valence-corrected chi connectivity index (χ1v) is 11.8. The van der Waals surface area contributed by atoms with Crippen LogP contribution in [-0.2, 0) is 6.54 Å². The molecule has 0 aliphatic rings. The molecule has 0 fully saturated rings. The van der Waals surface area contributed by atoms with Crippen molar-refractivity contribution in [3.05, 3.63) is 96.0 Å². The fraction of sp³-hybridized carbons (Fsp3) is 0.276. The molecular weight excluding hydrogens is 420 g/mol. The van der Waals surface area contributed by atoms with Gasteiger partial charge in [0.25, 0.3) is 0 Å². The van der Waals surface area contributed by atoms with Crippen molar-refractivity contribution in [3.8, 4) is 16.9 Å². The Hall–Kier alpha value is -3.73. The lowest BCUT2D eigenvalue weighted by Crippen LogP contribution is -2.11. The Bertz CT molecular complexity index is 1170. The maximum absolute atomic E-state index is 5.62. The van der Waals surface area contributed by atoms with E-state index in [4.69, 9.17) is 4.74 Å². The zero-order valence-corrected chi connectivity index (χ0v) is 20.8. The Kier molecular flexibility index (Phi) is 8.74. The van der Waals surface area contributed by atoms with Crippen molar-refractivity contribution in [1.29, 1.82) is 0 Å². The van der Waals surface area contributed by atoms with Gasteiger partial charge in [-0.2, -0.15) is 5.10 Å². The first-order chi connectivity index (χ1) is 16.4. The standard InChI is InChI=1S/C29H36N4O/c1-7-15-30-23(5)26-10-9-11-27(18-26)28-20-32-33(24(28)6)16-14-22(4)31-19-25-12-13-29(34-8-2)21(3)17-25/h9-14,16-18,20,30-31H,4-5,7-8,15,19H2,1-3,6H3/b16-14-. The lowest BCUT2D eigenvalue weighted by molar-refractivity contribution is 0.338. The predicted octanol–water partition coefficient (Wildman–Crippen LogP) is 6.31. The summed E-state index contributed by atoms with van der Waals surface area (Å²) in [6.45, 7) is 18.9. The van der Waals surface area contributed by atoms with E-state index in [1.807, 2.05) is 36.1 Å². The van der Waals surface area contributed by atoms with Gasteiger partial charge in [0.05, 0.1) is 12.8 Å². The molecule has 178 valence electrons. The first-order valence-electron chi connectivity index (χ1n) is 11.8. The number of ether oxygens (including phenoxy) is 1. The summed E-state index contributed by atoms with van der Waals surface area (Å²) in [5.41, 5.74) is 8.46. The molecule has 3 rings (SSSR count). The van der Waals surface area contributed by atoms with Crippen molar-refractivity contribution in [2.24, 2.45) is 0 Å². The summed E-state index contributed by atoms with van der Waals surface area (Å²) >= 11 is 0. The summed E-state index contributed by atoms with van der Waals surface area (Å²) in [7, 11) is 0. The molecule has 2 aromatic carbocycles. The average molecular weight is 457 g/mol. The molecular formula is C29H36N4O. The van der Waals surface area contributed by atoms with Gasteiger partial charge in [0, 0.05) is 41.9 Å². The molecule has 3 aromatic rings. The van der Waals surface area contributed by atoms with Gasteiger partial charge in [0.1, 0.15) is 5.75 Å². The summed E-state index contributed by atoms with van der Waals surface area (Å²) in [5, 5.41) is 11.3. The smallest absolute Gasteiger partial charge is 0.122 e. The van der Waals surface area contributed by atoms with E-state index in [-0.39, 0.29) is 0 Å². The molecule has 0 unspecified atom stereocenters. The molecule has 0 aliphatic carbocycles. The summed E-state index contributed by atoms with van der Waals surface area (Å²) < 4.78 is 7.49. The fourth-order valence-corrected chi connectivity index (χ4v) is 3.68. The zero-order valence-electron chi connectivity index (χ0n) is 20.8. The van der Waals surface area contributed by atoms with E-state index >= 15 is 0 Å². The number of aromatic nitrogens is 2. The highest BCUT2D eigenvalue weighted by atomic mass is 16.5. The molecule has 0 amide bonds.